The number of esters is 1. The minimum Gasteiger partial charge on any atom is -0.459 e. The van der Waals surface area contributed by atoms with E-state index in [0.29, 0.717) is 13.1 Å². The van der Waals surface area contributed by atoms with Crippen LogP contribution in [0.3, 0.4) is 0 Å². The van der Waals surface area contributed by atoms with E-state index in [2.05, 4.69) is 5.10 Å². The number of carbonyl (C=O) groups excluding carboxylic acids is 2. The Morgan fingerprint density at radius 1 is 1.07 bits per heavy atom. The molecule has 0 bridgehead atoms. The number of nitrogens with zero attached hydrogens (tertiary/aromatic N) is 4. The molecule has 1 aromatic heterocycles. The number of hydrogen-bond acceptors (Lipinski definition) is 5. The summed E-state index contributed by atoms with van der Waals surface area (Å²) in [7, 11) is 3.88. The van der Waals surface area contributed by atoms with Gasteiger partial charge in [0.15, 0.2) is 0 Å². The van der Waals surface area contributed by atoms with Gasteiger partial charge in [-0.15, -0.1) is 0 Å². The molecule has 30 heavy (non-hydrogen) atoms. The molecule has 0 radical (unpaired) electrons. The molecule has 2 aromatic rings. The summed E-state index contributed by atoms with van der Waals surface area (Å²) in [5, 5.41) is 4.62. The number of hydrogen-bond donors (Lipinski definition) is 0. The third-order valence-corrected chi connectivity index (χ3v) is 4.68. The lowest BCUT2D eigenvalue weighted by Gasteiger charge is -2.26. The van der Waals surface area contributed by atoms with Crippen LogP contribution in [0.2, 0.25) is 0 Å². The maximum absolute atomic E-state index is 13.1. The lowest BCUT2D eigenvalue weighted by Crippen LogP contribution is -2.42. The Hall–Kier alpha value is -2.67. The SMILES string of the molecule is Cc1nn(-c2ccccc2)c(C)c1CC(=O)N(CCN(C)C)CC(=O)OC(C)(C)C. The van der Waals surface area contributed by atoms with Gasteiger partial charge >= 0.3 is 5.97 Å². The van der Waals surface area contributed by atoms with Crippen LogP contribution in [0.5, 0.6) is 0 Å². The number of benzene rings is 1. The summed E-state index contributed by atoms with van der Waals surface area (Å²) in [6.45, 7) is 10.4. The van der Waals surface area contributed by atoms with Crippen LogP contribution >= 0.6 is 0 Å². The van der Waals surface area contributed by atoms with Gasteiger partial charge in [-0.2, -0.15) is 5.10 Å². The molecule has 7 nitrogen and oxygen atoms in total. The maximum Gasteiger partial charge on any atom is 0.326 e. The molecule has 2 rings (SSSR count). The maximum atomic E-state index is 13.1. The highest BCUT2D eigenvalue weighted by Crippen LogP contribution is 2.19. The van der Waals surface area contributed by atoms with Gasteiger partial charge < -0.3 is 14.5 Å². The van der Waals surface area contributed by atoms with Gasteiger partial charge in [0.25, 0.3) is 0 Å². The van der Waals surface area contributed by atoms with Crippen LogP contribution in [0.4, 0.5) is 0 Å². The van der Waals surface area contributed by atoms with Crippen molar-refractivity contribution in [3.63, 3.8) is 0 Å². The average molecular weight is 415 g/mol. The molecule has 0 unspecified atom stereocenters. The normalized spacial score (nSPS) is 11.6. The summed E-state index contributed by atoms with van der Waals surface area (Å²) < 4.78 is 7.28. The lowest BCUT2D eigenvalue weighted by atomic mass is 10.1. The molecule has 0 saturated carbocycles. The number of para-hydroxylation sites is 1. The molecular weight excluding hydrogens is 380 g/mol. The summed E-state index contributed by atoms with van der Waals surface area (Å²) >= 11 is 0. The molecule has 1 amide bonds. The molecule has 164 valence electrons. The van der Waals surface area contributed by atoms with E-state index >= 15 is 0 Å². The van der Waals surface area contributed by atoms with Gasteiger partial charge in [-0.05, 0) is 60.8 Å². The topological polar surface area (TPSA) is 67.7 Å². The summed E-state index contributed by atoms with van der Waals surface area (Å²) in [5.41, 5.74) is 3.00. The fraction of sp³-hybridized carbons (Fsp3) is 0.522. The fourth-order valence-corrected chi connectivity index (χ4v) is 3.16. The lowest BCUT2D eigenvalue weighted by molar-refractivity contribution is -0.158. The van der Waals surface area contributed by atoms with Crippen LogP contribution in [-0.2, 0) is 20.7 Å². The van der Waals surface area contributed by atoms with Crippen LogP contribution in [0, 0.1) is 13.8 Å². The Bertz CT molecular complexity index is 867. The molecule has 0 aliphatic heterocycles. The van der Waals surface area contributed by atoms with E-state index in [1.165, 1.54) is 0 Å². The number of aryl methyl sites for hydroxylation is 1. The third kappa shape index (κ3) is 6.69. The van der Waals surface area contributed by atoms with Crippen LogP contribution in [-0.4, -0.2) is 70.8 Å². The van der Waals surface area contributed by atoms with E-state index < -0.39 is 11.6 Å². The molecule has 1 aromatic carbocycles. The van der Waals surface area contributed by atoms with Gasteiger partial charge in [0, 0.05) is 24.3 Å². The van der Waals surface area contributed by atoms with E-state index in [0.717, 1.165) is 22.6 Å². The summed E-state index contributed by atoms with van der Waals surface area (Å²) in [5.74, 6) is -0.510. The third-order valence-electron chi connectivity index (χ3n) is 4.68. The predicted molar refractivity (Wildman–Crippen MR) is 118 cm³/mol. The first-order chi connectivity index (χ1) is 14.0. The standard InChI is InChI=1S/C23H34N4O3/c1-17-20(18(2)27(24-17)19-11-9-8-10-12-19)15-21(28)26(14-13-25(6)7)16-22(29)30-23(3,4)5/h8-12H,13-16H2,1-7H3. The van der Waals surface area contributed by atoms with Crippen LogP contribution < -0.4 is 0 Å². The molecule has 0 N–H and O–H groups in total. The number of ether oxygens (including phenoxy) is 1. The van der Waals surface area contributed by atoms with Crippen molar-refractivity contribution in [2.24, 2.45) is 0 Å². The van der Waals surface area contributed by atoms with E-state index in [1.54, 1.807) is 4.90 Å². The second-order valence-electron chi connectivity index (χ2n) is 8.78. The minimum atomic E-state index is -0.586. The summed E-state index contributed by atoms with van der Waals surface area (Å²) in [6, 6.07) is 9.84. The van der Waals surface area contributed by atoms with Gasteiger partial charge in [0.1, 0.15) is 12.1 Å². The van der Waals surface area contributed by atoms with Crippen molar-refractivity contribution in [1.82, 2.24) is 19.6 Å². The minimum absolute atomic E-state index is 0.0607. The molecule has 0 atom stereocenters. The molecule has 0 saturated heterocycles. The Morgan fingerprint density at radius 2 is 1.70 bits per heavy atom. The number of carbonyl (C=O) groups is 2. The summed E-state index contributed by atoms with van der Waals surface area (Å²) in [4.78, 5) is 29.0. The molecule has 0 aliphatic carbocycles. The second-order valence-corrected chi connectivity index (χ2v) is 8.78. The molecule has 0 spiro atoms. The van der Waals surface area contributed by atoms with Gasteiger partial charge in [-0.25, -0.2) is 4.68 Å². The second kappa shape index (κ2) is 9.89. The van der Waals surface area contributed by atoms with Crippen molar-refractivity contribution >= 4 is 11.9 Å². The first-order valence-electron chi connectivity index (χ1n) is 10.2. The smallest absolute Gasteiger partial charge is 0.326 e. The Balaban J connectivity index is 2.20. The van der Waals surface area contributed by atoms with Gasteiger partial charge in [0.05, 0.1) is 17.8 Å². The number of likely N-dealkylation sites (N-methyl/N-ethyl adjacent to an activating group) is 1. The van der Waals surface area contributed by atoms with Crippen molar-refractivity contribution < 1.29 is 14.3 Å². The van der Waals surface area contributed by atoms with Gasteiger partial charge in [0.2, 0.25) is 5.91 Å². The predicted octanol–water partition coefficient (Wildman–Crippen LogP) is 2.76. The molecule has 0 fully saturated rings. The first kappa shape index (κ1) is 23.6. The average Bonchev–Trinajstić information content (AvgIpc) is 2.92. The quantitative estimate of drug-likeness (QED) is 0.622. The van der Waals surface area contributed by atoms with E-state index in [9.17, 15) is 9.59 Å². The Labute approximate surface area is 179 Å². The van der Waals surface area contributed by atoms with Crippen LogP contribution in [0.15, 0.2) is 30.3 Å². The summed E-state index contributed by atoms with van der Waals surface area (Å²) in [6.07, 6.45) is 0.195. The van der Waals surface area contributed by atoms with Gasteiger partial charge in [-0.3, -0.25) is 9.59 Å². The van der Waals surface area contributed by atoms with Crippen molar-refractivity contribution in [2.45, 2.75) is 46.6 Å². The molecule has 1 heterocycles. The number of amides is 1. The monoisotopic (exact) mass is 414 g/mol. The zero-order valence-electron chi connectivity index (χ0n) is 19.2. The van der Waals surface area contributed by atoms with Crippen molar-refractivity contribution in [2.75, 3.05) is 33.7 Å². The molecular formula is C23H34N4O3. The zero-order valence-corrected chi connectivity index (χ0v) is 19.2. The van der Waals surface area contributed by atoms with Crippen LogP contribution in [0.25, 0.3) is 5.69 Å². The van der Waals surface area contributed by atoms with Crippen molar-refractivity contribution in [1.29, 1.82) is 0 Å². The fourth-order valence-electron chi connectivity index (χ4n) is 3.16. The highest BCUT2D eigenvalue weighted by molar-refractivity contribution is 5.84. The molecule has 0 aliphatic rings. The largest absolute Gasteiger partial charge is 0.459 e. The number of aromatic nitrogens is 2. The van der Waals surface area contributed by atoms with E-state index in [4.69, 9.17) is 4.74 Å². The van der Waals surface area contributed by atoms with Crippen molar-refractivity contribution in [3.8, 4) is 5.69 Å². The highest BCUT2D eigenvalue weighted by Gasteiger charge is 2.24. The Morgan fingerprint density at radius 3 is 2.27 bits per heavy atom. The van der Waals surface area contributed by atoms with E-state index in [1.807, 2.05) is 88.6 Å². The van der Waals surface area contributed by atoms with Crippen molar-refractivity contribution in [3.05, 3.63) is 47.3 Å². The van der Waals surface area contributed by atoms with Crippen LogP contribution in [0.1, 0.15) is 37.7 Å². The van der Waals surface area contributed by atoms with E-state index in [-0.39, 0.29) is 18.9 Å². The number of rotatable bonds is 8. The van der Waals surface area contributed by atoms with Gasteiger partial charge in [-0.1, -0.05) is 18.2 Å². The molecule has 7 heteroatoms. The Kier molecular flexibility index (Phi) is 7.78. The highest BCUT2D eigenvalue weighted by atomic mass is 16.6. The first-order valence-corrected chi connectivity index (χ1v) is 10.2. The zero-order chi connectivity index (χ0) is 22.5.